The standard InChI is InChI=1S/C18H24N2O5/c1-4-5-10-20-13-7-6-12(19-15(21)8-9-16(22)23)11-14(13)25-18(2,3)17(20)24/h6-7,11H,4-5,8-10H2,1-3H3,(H,19,21)(H,22,23). The van der Waals surface area contributed by atoms with Gasteiger partial charge < -0.3 is 20.1 Å². The van der Waals surface area contributed by atoms with Crippen molar-refractivity contribution in [1.29, 1.82) is 0 Å². The summed E-state index contributed by atoms with van der Waals surface area (Å²) < 4.78 is 5.83. The van der Waals surface area contributed by atoms with E-state index in [0.717, 1.165) is 12.8 Å². The van der Waals surface area contributed by atoms with Gasteiger partial charge in [0, 0.05) is 24.7 Å². The fourth-order valence-electron chi connectivity index (χ4n) is 2.63. The van der Waals surface area contributed by atoms with Crippen LogP contribution >= 0.6 is 0 Å². The third-order valence-corrected chi connectivity index (χ3v) is 3.96. The second kappa shape index (κ2) is 7.55. The van der Waals surface area contributed by atoms with E-state index < -0.39 is 11.6 Å². The molecule has 7 nitrogen and oxygen atoms in total. The molecule has 0 saturated heterocycles. The number of ether oxygens (including phenoxy) is 1. The highest BCUT2D eigenvalue weighted by molar-refractivity contribution is 6.03. The van der Waals surface area contributed by atoms with Crippen LogP contribution in [0.25, 0.3) is 0 Å². The number of amides is 2. The van der Waals surface area contributed by atoms with Gasteiger partial charge in [-0.2, -0.15) is 0 Å². The zero-order valence-corrected chi connectivity index (χ0v) is 14.8. The van der Waals surface area contributed by atoms with Crippen LogP contribution in [0.5, 0.6) is 5.75 Å². The number of nitrogens with zero attached hydrogens (tertiary/aromatic N) is 1. The van der Waals surface area contributed by atoms with Crippen molar-refractivity contribution in [2.45, 2.75) is 52.1 Å². The molecule has 0 bridgehead atoms. The summed E-state index contributed by atoms with van der Waals surface area (Å²) in [4.78, 5) is 36.6. The highest BCUT2D eigenvalue weighted by Gasteiger charge is 2.40. The highest BCUT2D eigenvalue weighted by atomic mass is 16.5. The summed E-state index contributed by atoms with van der Waals surface area (Å²) in [5, 5.41) is 11.3. The molecule has 1 aromatic rings. The minimum atomic E-state index is -1.02. The lowest BCUT2D eigenvalue weighted by Crippen LogP contribution is -2.52. The third-order valence-electron chi connectivity index (χ3n) is 3.96. The molecule has 0 fully saturated rings. The summed E-state index contributed by atoms with van der Waals surface area (Å²) in [5.74, 6) is -0.962. The normalized spacial score (nSPS) is 15.3. The van der Waals surface area contributed by atoms with Crippen molar-refractivity contribution in [1.82, 2.24) is 0 Å². The molecular formula is C18H24N2O5. The van der Waals surface area contributed by atoms with Crippen LogP contribution in [0.3, 0.4) is 0 Å². The van der Waals surface area contributed by atoms with Gasteiger partial charge in [0.25, 0.3) is 5.91 Å². The monoisotopic (exact) mass is 348 g/mol. The first kappa shape index (κ1) is 18.8. The quantitative estimate of drug-likeness (QED) is 0.790. The summed E-state index contributed by atoms with van der Waals surface area (Å²) in [6.07, 6.45) is 1.53. The molecule has 2 N–H and O–H groups in total. The molecular weight excluding hydrogens is 324 g/mol. The fourth-order valence-corrected chi connectivity index (χ4v) is 2.63. The molecule has 1 aliphatic heterocycles. The zero-order valence-electron chi connectivity index (χ0n) is 14.8. The van der Waals surface area contributed by atoms with Crippen molar-refractivity contribution in [2.75, 3.05) is 16.8 Å². The number of aliphatic carboxylic acids is 1. The van der Waals surface area contributed by atoms with E-state index in [-0.39, 0.29) is 24.7 Å². The number of anilines is 2. The molecule has 2 amide bonds. The van der Waals surface area contributed by atoms with Crippen molar-refractivity contribution < 1.29 is 24.2 Å². The number of carbonyl (C=O) groups is 3. The Morgan fingerprint density at radius 2 is 2.00 bits per heavy atom. The number of hydrogen-bond acceptors (Lipinski definition) is 4. The van der Waals surface area contributed by atoms with Crippen LogP contribution in [-0.4, -0.2) is 35.0 Å². The van der Waals surface area contributed by atoms with Crippen molar-refractivity contribution in [3.63, 3.8) is 0 Å². The van der Waals surface area contributed by atoms with Crippen LogP contribution in [0.1, 0.15) is 46.5 Å². The van der Waals surface area contributed by atoms with E-state index in [2.05, 4.69) is 12.2 Å². The van der Waals surface area contributed by atoms with Crippen LogP contribution in [-0.2, 0) is 14.4 Å². The first-order chi connectivity index (χ1) is 11.7. The first-order valence-corrected chi connectivity index (χ1v) is 8.41. The third kappa shape index (κ3) is 4.49. The maximum Gasteiger partial charge on any atom is 0.303 e. The topological polar surface area (TPSA) is 95.9 Å². The molecule has 1 aromatic carbocycles. The second-order valence-corrected chi connectivity index (χ2v) is 6.55. The molecule has 0 unspecified atom stereocenters. The summed E-state index contributed by atoms with van der Waals surface area (Å²) in [7, 11) is 0. The highest BCUT2D eigenvalue weighted by Crippen LogP contribution is 2.39. The van der Waals surface area contributed by atoms with Crippen molar-refractivity contribution >= 4 is 29.2 Å². The Labute approximate surface area is 147 Å². The van der Waals surface area contributed by atoms with Crippen molar-refractivity contribution in [3.05, 3.63) is 18.2 Å². The molecule has 0 spiro atoms. The SMILES string of the molecule is CCCCN1C(=O)C(C)(C)Oc2cc(NC(=O)CCC(=O)O)ccc21. The average molecular weight is 348 g/mol. The number of benzene rings is 1. The smallest absolute Gasteiger partial charge is 0.303 e. The molecule has 0 aromatic heterocycles. The molecule has 0 aliphatic carbocycles. The van der Waals surface area contributed by atoms with E-state index in [0.29, 0.717) is 23.7 Å². The van der Waals surface area contributed by atoms with Gasteiger partial charge in [-0.05, 0) is 32.4 Å². The Morgan fingerprint density at radius 3 is 2.64 bits per heavy atom. The number of carbonyl (C=O) groups excluding carboxylic acids is 2. The lowest BCUT2D eigenvalue weighted by atomic mass is 10.0. The summed E-state index contributed by atoms with van der Waals surface area (Å²) in [5.41, 5.74) is 0.211. The molecule has 136 valence electrons. The Balaban J connectivity index is 2.21. The number of carboxylic acids is 1. The largest absolute Gasteiger partial charge is 0.481 e. The number of hydrogen-bond donors (Lipinski definition) is 2. The molecule has 2 rings (SSSR count). The first-order valence-electron chi connectivity index (χ1n) is 8.41. The summed E-state index contributed by atoms with van der Waals surface area (Å²) >= 11 is 0. The van der Waals surface area contributed by atoms with Crippen LogP contribution in [0.2, 0.25) is 0 Å². The maximum absolute atomic E-state index is 12.6. The lowest BCUT2D eigenvalue weighted by molar-refractivity contribution is -0.138. The maximum atomic E-state index is 12.6. The van der Waals surface area contributed by atoms with Gasteiger partial charge in [0.2, 0.25) is 5.91 Å². The van der Waals surface area contributed by atoms with Gasteiger partial charge in [-0.1, -0.05) is 13.3 Å². The van der Waals surface area contributed by atoms with Crippen LogP contribution in [0.15, 0.2) is 18.2 Å². The van der Waals surface area contributed by atoms with E-state index in [1.54, 1.807) is 36.9 Å². The average Bonchev–Trinajstić information content (AvgIpc) is 2.53. The summed E-state index contributed by atoms with van der Waals surface area (Å²) in [6, 6.07) is 5.09. The van der Waals surface area contributed by atoms with Gasteiger partial charge in [-0.15, -0.1) is 0 Å². The Kier molecular flexibility index (Phi) is 5.66. The van der Waals surface area contributed by atoms with Crippen LogP contribution < -0.4 is 15.0 Å². The Morgan fingerprint density at radius 1 is 1.28 bits per heavy atom. The summed E-state index contributed by atoms with van der Waals surface area (Å²) in [6.45, 7) is 6.11. The Bertz CT molecular complexity index is 684. The van der Waals surface area contributed by atoms with E-state index >= 15 is 0 Å². The molecule has 0 radical (unpaired) electrons. The predicted octanol–water partition coefficient (Wildman–Crippen LogP) is 2.79. The van der Waals surface area contributed by atoms with Crippen LogP contribution in [0.4, 0.5) is 11.4 Å². The van der Waals surface area contributed by atoms with Gasteiger partial charge in [-0.3, -0.25) is 14.4 Å². The zero-order chi connectivity index (χ0) is 18.6. The van der Waals surface area contributed by atoms with Crippen molar-refractivity contribution in [3.8, 4) is 5.75 Å². The number of nitrogens with one attached hydrogen (secondary N) is 1. The minimum Gasteiger partial charge on any atom is -0.481 e. The van der Waals surface area contributed by atoms with Gasteiger partial charge in [0.05, 0.1) is 12.1 Å². The molecule has 0 saturated carbocycles. The van der Waals surface area contributed by atoms with E-state index in [1.165, 1.54) is 0 Å². The van der Waals surface area contributed by atoms with E-state index in [4.69, 9.17) is 9.84 Å². The van der Waals surface area contributed by atoms with Gasteiger partial charge >= 0.3 is 5.97 Å². The second-order valence-electron chi connectivity index (χ2n) is 6.55. The lowest BCUT2D eigenvalue weighted by Gasteiger charge is -2.39. The minimum absolute atomic E-state index is 0.0910. The Hall–Kier alpha value is -2.57. The van der Waals surface area contributed by atoms with Gasteiger partial charge in [0.15, 0.2) is 5.60 Å². The molecule has 25 heavy (non-hydrogen) atoms. The van der Waals surface area contributed by atoms with E-state index in [9.17, 15) is 14.4 Å². The number of carboxylic acid groups (broad SMARTS) is 1. The molecule has 1 heterocycles. The predicted molar refractivity (Wildman–Crippen MR) is 93.9 cm³/mol. The molecule has 7 heteroatoms. The fraction of sp³-hybridized carbons (Fsp3) is 0.500. The van der Waals surface area contributed by atoms with E-state index in [1.807, 2.05) is 0 Å². The molecule has 0 atom stereocenters. The van der Waals surface area contributed by atoms with Crippen LogP contribution in [0, 0.1) is 0 Å². The molecule has 1 aliphatic rings. The number of unbranched alkanes of at least 4 members (excludes halogenated alkanes) is 1. The number of rotatable bonds is 7. The van der Waals surface area contributed by atoms with Gasteiger partial charge in [-0.25, -0.2) is 0 Å². The van der Waals surface area contributed by atoms with Gasteiger partial charge in [0.1, 0.15) is 5.75 Å². The number of fused-ring (bicyclic) bond motifs is 1. The van der Waals surface area contributed by atoms with Crippen molar-refractivity contribution in [2.24, 2.45) is 0 Å².